The summed E-state index contributed by atoms with van der Waals surface area (Å²) in [4.78, 5) is 11.3. The van der Waals surface area contributed by atoms with Crippen molar-refractivity contribution in [3.05, 3.63) is 59.7 Å². The minimum atomic E-state index is -0.0481. The van der Waals surface area contributed by atoms with Crippen molar-refractivity contribution in [3.63, 3.8) is 0 Å². The maximum absolute atomic E-state index is 11.3. The van der Waals surface area contributed by atoms with E-state index in [1.165, 1.54) is 0 Å². The summed E-state index contributed by atoms with van der Waals surface area (Å²) in [5, 5.41) is 17.5. The number of hydrogen-bond donors (Lipinski definition) is 3. The van der Waals surface area contributed by atoms with Gasteiger partial charge in [-0.1, -0.05) is 19.1 Å². The van der Waals surface area contributed by atoms with Crippen molar-refractivity contribution in [2.45, 2.75) is 13.3 Å². The molecule has 0 fully saturated rings. The second kappa shape index (κ2) is 6.95. The Balaban J connectivity index is 1.64. The van der Waals surface area contributed by atoms with Crippen LogP contribution in [0.1, 0.15) is 24.5 Å². The van der Waals surface area contributed by atoms with Gasteiger partial charge in [0.1, 0.15) is 5.75 Å². The average molecular weight is 322 g/mol. The number of benzene rings is 2. The van der Waals surface area contributed by atoms with Gasteiger partial charge in [-0.3, -0.25) is 10.2 Å². The molecule has 6 heteroatoms. The number of hydrazone groups is 2. The molecule has 1 aliphatic rings. The third-order valence-electron chi connectivity index (χ3n) is 3.74. The van der Waals surface area contributed by atoms with Crippen LogP contribution in [0.5, 0.6) is 5.75 Å². The number of hydrogen-bond acceptors (Lipinski definition) is 5. The van der Waals surface area contributed by atoms with Crippen molar-refractivity contribution in [3.8, 4) is 5.75 Å². The van der Waals surface area contributed by atoms with Crippen molar-refractivity contribution >= 4 is 23.5 Å². The quantitative estimate of drug-likeness (QED) is 0.597. The molecule has 1 amide bonds. The van der Waals surface area contributed by atoms with E-state index in [2.05, 4.69) is 21.1 Å². The number of rotatable bonds is 4. The van der Waals surface area contributed by atoms with Crippen LogP contribution in [-0.2, 0) is 4.79 Å². The van der Waals surface area contributed by atoms with Crippen molar-refractivity contribution in [2.75, 3.05) is 5.43 Å². The third-order valence-corrected chi connectivity index (χ3v) is 3.74. The molecule has 1 heterocycles. The first kappa shape index (κ1) is 15.7. The topological polar surface area (TPSA) is 86.1 Å². The van der Waals surface area contributed by atoms with Gasteiger partial charge in [0.15, 0.2) is 0 Å². The summed E-state index contributed by atoms with van der Waals surface area (Å²) in [5.74, 6) is 0.282. The number of nitrogens with zero attached hydrogens (tertiary/aromatic N) is 2. The van der Waals surface area contributed by atoms with Crippen LogP contribution in [0.15, 0.2) is 58.7 Å². The lowest BCUT2D eigenvalue weighted by molar-refractivity contribution is -0.121. The lowest BCUT2D eigenvalue weighted by Gasteiger charge is -2.19. The van der Waals surface area contributed by atoms with Crippen molar-refractivity contribution < 1.29 is 9.90 Å². The third kappa shape index (κ3) is 3.78. The van der Waals surface area contributed by atoms with E-state index in [1.54, 1.807) is 30.5 Å². The summed E-state index contributed by atoms with van der Waals surface area (Å²) in [5.41, 5.74) is 9.08. The van der Waals surface area contributed by atoms with Gasteiger partial charge in [-0.25, -0.2) is 5.43 Å². The van der Waals surface area contributed by atoms with E-state index in [1.807, 2.05) is 31.2 Å². The predicted molar refractivity (Wildman–Crippen MR) is 94.2 cm³/mol. The van der Waals surface area contributed by atoms with E-state index >= 15 is 0 Å². The summed E-state index contributed by atoms with van der Waals surface area (Å²) in [6.45, 7) is 1.99. The highest BCUT2D eigenvalue weighted by Gasteiger charge is 2.21. The number of carbonyl (C=O) groups is 1. The lowest BCUT2D eigenvalue weighted by atomic mass is 9.94. The molecule has 1 unspecified atom stereocenters. The van der Waals surface area contributed by atoms with Gasteiger partial charge >= 0.3 is 0 Å². The molecule has 2 aromatic rings. The molecule has 0 saturated heterocycles. The zero-order valence-corrected chi connectivity index (χ0v) is 13.2. The zero-order valence-electron chi connectivity index (χ0n) is 13.2. The molecule has 0 spiro atoms. The number of amides is 1. The first-order valence-corrected chi connectivity index (χ1v) is 7.67. The summed E-state index contributed by atoms with van der Waals surface area (Å²) in [6.07, 6.45) is 2.13. The Hall–Kier alpha value is -3.15. The SMILES string of the molecule is CC1CC(=O)NN=C1c1ccc(N/N=C/c2ccc(O)cc2)cc1. The van der Waals surface area contributed by atoms with E-state index in [9.17, 15) is 9.90 Å². The zero-order chi connectivity index (χ0) is 16.9. The van der Waals surface area contributed by atoms with Gasteiger partial charge in [-0.05, 0) is 47.5 Å². The Morgan fingerprint density at radius 1 is 1.21 bits per heavy atom. The summed E-state index contributed by atoms with van der Waals surface area (Å²) >= 11 is 0. The Labute approximate surface area is 139 Å². The molecular formula is C18H18N4O2. The van der Waals surface area contributed by atoms with E-state index in [0.29, 0.717) is 6.42 Å². The number of nitrogens with one attached hydrogen (secondary N) is 2. The molecule has 1 atom stereocenters. The largest absolute Gasteiger partial charge is 0.508 e. The molecule has 3 N–H and O–H groups in total. The van der Waals surface area contributed by atoms with E-state index in [0.717, 1.165) is 22.5 Å². The molecule has 0 saturated carbocycles. The van der Waals surface area contributed by atoms with E-state index in [4.69, 9.17) is 0 Å². The smallest absolute Gasteiger partial charge is 0.240 e. The summed E-state index contributed by atoms with van der Waals surface area (Å²) < 4.78 is 0. The van der Waals surface area contributed by atoms with Crippen LogP contribution in [0.3, 0.4) is 0 Å². The Morgan fingerprint density at radius 3 is 2.58 bits per heavy atom. The maximum atomic E-state index is 11.3. The highest BCUT2D eigenvalue weighted by Crippen LogP contribution is 2.18. The predicted octanol–water partition coefficient (Wildman–Crippen LogP) is 2.70. The Bertz CT molecular complexity index is 780. The van der Waals surface area contributed by atoms with Gasteiger partial charge in [0.05, 0.1) is 17.6 Å². The highest BCUT2D eigenvalue weighted by atomic mass is 16.3. The molecule has 0 bridgehead atoms. The van der Waals surface area contributed by atoms with Crippen molar-refractivity contribution in [2.24, 2.45) is 16.1 Å². The fourth-order valence-electron chi connectivity index (χ4n) is 2.46. The molecule has 0 aliphatic carbocycles. The van der Waals surface area contributed by atoms with Crippen LogP contribution in [0.25, 0.3) is 0 Å². The van der Waals surface area contributed by atoms with Crippen LogP contribution >= 0.6 is 0 Å². The molecule has 3 rings (SSSR count). The first-order valence-electron chi connectivity index (χ1n) is 7.67. The van der Waals surface area contributed by atoms with Gasteiger partial charge in [-0.2, -0.15) is 10.2 Å². The second-order valence-electron chi connectivity index (χ2n) is 5.68. The monoisotopic (exact) mass is 322 g/mol. The van der Waals surface area contributed by atoms with Gasteiger partial charge in [0, 0.05) is 12.3 Å². The Kier molecular flexibility index (Phi) is 4.56. The molecule has 1 aliphatic heterocycles. The van der Waals surface area contributed by atoms with Crippen molar-refractivity contribution in [1.82, 2.24) is 5.43 Å². The normalized spacial score (nSPS) is 17.5. The van der Waals surface area contributed by atoms with Crippen LogP contribution in [0, 0.1) is 5.92 Å². The van der Waals surface area contributed by atoms with Gasteiger partial charge in [0.2, 0.25) is 5.91 Å². The van der Waals surface area contributed by atoms with Crippen LogP contribution in [0.2, 0.25) is 0 Å². The van der Waals surface area contributed by atoms with Crippen LogP contribution < -0.4 is 10.9 Å². The average Bonchev–Trinajstić information content (AvgIpc) is 2.58. The summed E-state index contributed by atoms with van der Waals surface area (Å²) in [6, 6.07) is 14.5. The van der Waals surface area contributed by atoms with E-state index < -0.39 is 0 Å². The second-order valence-corrected chi connectivity index (χ2v) is 5.68. The maximum Gasteiger partial charge on any atom is 0.240 e. The number of aromatic hydroxyl groups is 1. The molecule has 24 heavy (non-hydrogen) atoms. The molecular weight excluding hydrogens is 304 g/mol. The fraction of sp³-hybridized carbons (Fsp3) is 0.167. The van der Waals surface area contributed by atoms with E-state index in [-0.39, 0.29) is 17.6 Å². The molecule has 6 nitrogen and oxygen atoms in total. The number of anilines is 1. The molecule has 0 radical (unpaired) electrons. The summed E-state index contributed by atoms with van der Waals surface area (Å²) in [7, 11) is 0. The fourth-order valence-corrected chi connectivity index (χ4v) is 2.46. The van der Waals surface area contributed by atoms with Gasteiger partial charge < -0.3 is 5.11 Å². The lowest BCUT2D eigenvalue weighted by Crippen LogP contribution is -2.31. The first-order chi connectivity index (χ1) is 11.6. The minimum Gasteiger partial charge on any atom is -0.508 e. The highest BCUT2D eigenvalue weighted by molar-refractivity contribution is 6.05. The van der Waals surface area contributed by atoms with Crippen LogP contribution in [-0.4, -0.2) is 22.9 Å². The number of phenols is 1. The molecule has 2 aromatic carbocycles. The number of carbonyl (C=O) groups excluding carboxylic acids is 1. The van der Waals surface area contributed by atoms with Crippen LogP contribution in [0.4, 0.5) is 5.69 Å². The molecule has 122 valence electrons. The standard InChI is InChI=1S/C18H18N4O2/c1-12-10-17(24)21-22-18(12)14-4-6-15(7-5-14)20-19-11-13-2-8-16(23)9-3-13/h2-9,11-12,20,23H,10H2,1H3,(H,21,24)/b19-11+. The van der Waals surface area contributed by atoms with Gasteiger partial charge in [0.25, 0.3) is 0 Å². The van der Waals surface area contributed by atoms with Gasteiger partial charge in [-0.15, -0.1) is 0 Å². The van der Waals surface area contributed by atoms with Crippen molar-refractivity contribution in [1.29, 1.82) is 0 Å². The minimum absolute atomic E-state index is 0.0481. The molecule has 0 aromatic heterocycles. The Morgan fingerprint density at radius 2 is 1.92 bits per heavy atom. The number of phenolic OH excluding ortho intramolecular Hbond substituents is 1.